The van der Waals surface area contributed by atoms with E-state index >= 15 is 0 Å². The summed E-state index contributed by atoms with van der Waals surface area (Å²) in [6.07, 6.45) is 2.00. The number of fused-ring (bicyclic) bond motifs is 2. The van der Waals surface area contributed by atoms with Gasteiger partial charge in [0.15, 0.2) is 0 Å². The molecule has 1 aromatic heterocycles. The summed E-state index contributed by atoms with van der Waals surface area (Å²) in [4.78, 5) is 0. The summed E-state index contributed by atoms with van der Waals surface area (Å²) in [6.45, 7) is 0.471. The van der Waals surface area contributed by atoms with Crippen LogP contribution in [0.5, 0.6) is 0 Å². The van der Waals surface area contributed by atoms with Crippen LogP contribution in [-0.2, 0) is 11.3 Å². The molecule has 0 aliphatic carbocycles. The van der Waals surface area contributed by atoms with Crippen LogP contribution in [0.25, 0.3) is 16.6 Å². The predicted molar refractivity (Wildman–Crippen MR) is 80.7 cm³/mol. The first-order chi connectivity index (χ1) is 9.72. The lowest BCUT2D eigenvalue weighted by Crippen LogP contribution is -2.28. The molecule has 5 heteroatoms. The Morgan fingerprint density at radius 3 is 2.95 bits per heavy atom. The van der Waals surface area contributed by atoms with Crippen molar-refractivity contribution in [1.82, 2.24) is 4.57 Å². The molecule has 1 aliphatic rings. The van der Waals surface area contributed by atoms with E-state index < -0.39 is 7.12 Å². The van der Waals surface area contributed by atoms with Crippen LogP contribution >= 0.6 is 11.6 Å². The van der Waals surface area contributed by atoms with Crippen molar-refractivity contribution in [3.63, 3.8) is 0 Å². The summed E-state index contributed by atoms with van der Waals surface area (Å²) in [5.41, 5.74) is 3.98. The Bertz CT molecular complexity index is 815. The Morgan fingerprint density at radius 2 is 2.05 bits per heavy atom. The molecule has 2 heterocycles. The zero-order valence-corrected chi connectivity index (χ0v) is 11.3. The molecule has 0 spiro atoms. The molecular formula is C15H11BClNO2. The third-order valence-corrected chi connectivity index (χ3v) is 3.96. The minimum Gasteiger partial charge on any atom is -0.423 e. The van der Waals surface area contributed by atoms with Gasteiger partial charge in [-0.2, -0.15) is 0 Å². The zero-order valence-electron chi connectivity index (χ0n) is 10.6. The quantitative estimate of drug-likeness (QED) is 0.696. The maximum atomic E-state index is 9.80. The van der Waals surface area contributed by atoms with Crippen LogP contribution in [0.1, 0.15) is 5.56 Å². The van der Waals surface area contributed by atoms with Crippen LogP contribution in [0.3, 0.4) is 0 Å². The molecule has 0 amide bonds. The standard InChI is InChI=1S/C15H11BClNO2/c17-12-2-4-15-10(7-12)5-6-18(15)13-3-1-11-9-20-16(19)14(11)8-13/h1-8,19H,9H2. The Morgan fingerprint density at radius 1 is 1.15 bits per heavy atom. The summed E-state index contributed by atoms with van der Waals surface area (Å²) in [5.74, 6) is 0. The minimum absolute atomic E-state index is 0.471. The fourth-order valence-corrected chi connectivity index (χ4v) is 2.87. The van der Waals surface area contributed by atoms with Crippen LogP contribution in [0.15, 0.2) is 48.7 Å². The molecule has 20 heavy (non-hydrogen) atoms. The molecule has 3 nitrogen and oxygen atoms in total. The molecule has 0 saturated carbocycles. The van der Waals surface area contributed by atoms with Gasteiger partial charge < -0.3 is 14.2 Å². The summed E-state index contributed by atoms with van der Waals surface area (Å²) in [7, 11) is -0.818. The SMILES string of the molecule is OB1OCc2ccc(-n3ccc4cc(Cl)ccc43)cc21. The summed E-state index contributed by atoms with van der Waals surface area (Å²) in [6, 6.07) is 13.9. The van der Waals surface area contributed by atoms with Gasteiger partial charge in [0.05, 0.1) is 12.1 Å². The normalized spacial score (nSPS) is 14.0. The van der Waals surface area contributed by atoms with Crippen LogP contribution in [0.2, 0.25) is 5.02 Å². The molecule has 98 valence electrons. The molecule has 2 aromatic carbocycles. The van der Waals surface area contributed by atoms with Crippen LogP contribution in [0.4, 0.5) is 0 Å². The Balaban J connectivity index is 1.89. The molecular weight excluding hydrogens is 272 g/mol. The molecule has 1 aliphatic heterocycles. The molecule has 0 unspecified atom stereocenters. The number of aromatic nitrogens is 1. The maximum Gasteiger partial charge on any atom is 0.491 e. The van der Waals surface area contributed by atoms with E-state index in [4.69, 9.17) is 16.3 Å². The van der Waals surface area contributed by atoms with E-state index in [1.54, 1.807) is 0 Å². The maximum absolute atomic E-state index is 9.80. The van der Waals surface area contributed by atoms with E-state index in [1.165, 1.54) is 0 Å². The van der Waals surface area contributed by atoms with Gasteiger partial charge in [-0.3, -0.25) is 0 Å². The van der Waals surface area contributed by atoms with Crippen LogP contribution in [-0.4, -0.2) is 16.7 Å². The van der Waals surface area contributed by atoms with E-state index in [9.17, 15) is 5.02 Å². The van der Waals surface area contributed by atoms with Gasteiger partial charge in [0, 0.05) is 22.3 Å². The Kier molecular flexibility index (Phi) is 2.64. The average Bonchev–Trinajstić information content (AvgIpc) is 3.02. The number of rotatable bonds is 1. The molecule has 0 fully saturated rings. The lowest BCUT2D eigenvalue weighted by atomic mass is 9.79. The summed E-state index contributed by atoms with van der Waals surface area (Å²) in [5, 5.41) is 11.6. The van der Waals surface area contributed by atoms with Crippen molar-refractivity contribution in [3.8, 4) is 5.69 Å². The van der Waals surface area contributed by atoms with Gasteiger partial charge in [0.2, 0.25) is 0 Å². The molecule has 4 rings (SSSR count). The minimum atomic E-state index is -0.818. The smallest absolute Gasteiger partial charge is 0.423 e. The molecule has 0 bridgehead atoms. The van der Waals surface area contributed by atoms with Crippen LogP contribution in [0, 0.1) is 0 Å². The van der Waals surface area contributed by atoms with E-state index in [0.717, 1.165) is 32.6 Å². The largest absolute Gasteiger partial charge is 0.491 e. The first kappa shape index (κ1) is 12.0. The van der Waals surface area contributed by atoms with Gasteiger partial charge >= 0.3 is 7.12 Å². The van der Waals surface area contributed by atoms with Crippen molar-refractivity contribution in [2.75, 3.05) is 0 Å². The average molecular weight is 284 g/mol. The third kappa shape index (κ3) is 1.77. The molecule has 0 saturated heterocycles. The van der Waals surface area contributed by atoms with E-state index in [1.807, 2.05) is 48.7 Å². The van der Waals surface area contributed by atoms with E-state index in [0.29, 0.717) is 6.61 Å². The lowest BCUT2D eigenvalue weighted by Gasteiger charge is -2.08. The Hall–Kier alpha value is -1.75. The van der Waals surface area contributed by atoms with Crippen molar-refractivity contribution in [2.24, 2.45) is 0 Å². The topological polar surface area (TPSA) is 34.4 Å². The molecule has 0 radical (unpaired) electrons. The molecule has 1 N–H and O–H groups in total. The van der Waals surface area contributed by atoms with Crippen molar-refractivity contribution in [3.05, 3.63) is 59.2 Å². The van der Waals surface area contributed by atoms with Crippen molar-refractivity contribution in [2.45, 2.75) is 6.61 Å². The highest BCUT2D eigenvalue weighted by atomic mass is 35.5. The fraction of sp³-hybridized carbons (Fsp3) is 0.0667. The number of hydrogen-bond acceptors (Lipinski definition) is 2. The van der Waals surface area contributed by atoms with Gasteiger partial charge in [-0.1, -0.05) is 17.7 Å². The van der Waals surface area contributed by atoms with E-state index in [2.05, 4.69) is 4.57 Å². The second kappa shape index (κ2) is 4.38. The van der Waals surface area contributed by atoms with E-state index in [-0.39, 0.29) is 0 Å². The summed E-state index contributed by atoms with van der Waals surface area (Å²) >= 11 is 6.01. The first-order valence-corrected chi connectivity index (χ1v) is 6.80. The van der Waals surface area contributed by atoms with Gasteiger partial charge in [0.25, 0.3) is 0 Å². The highest BCUT2D eigenvalue weighted by Crippen LogP contribution is 2.24. The highest BCUT2D eigenvalue weighted by molar-refractivity contribution is 6.61. The lowest BCUT2D eigenvalue weighted by molar-refractivity contribution is 0.275. The Labute approximate surface area is 121 Å². The van der Waals surface area contributed by atoms with Crippen molar-refractivity contribution < 1.29 is 9.68 Å². The molecule has 3 aromatic rings. The second-order valence-corrected chi connectivity index (χ2v) is 5.37. The third-order valence-electron chi connectivity index (χ3n) is 3.72. The summed E-state index contributed by atoms with van der Waals surface area (Å²) < 4.78 is 7.31. The van der Waals surface area contributed by atoms with Gasteiger partial charge in [-0.05, 0) is 47.4 Å². The number of benzene rings is 2. The highest BCUT2D eigenvalue weighted by Gasteiger charge is 2.27. The monoisotopic (exact) mass is 283 g/mol. The number of hydrogen-bond donors (Lipinski definition) is 1. The number of halogens is 1. The molecule has 0 atom stereocenters. The van der Waals surface area contributed by atoms with Crippen molar-refractivity contribution in [1.29, 1.82) is 0 Å². The van der Waals surface area contributed by atoms with Gasteiger partial charge in [-0.15, -0.1) is 0 Å². The number of nitrogens with zero attached hydrogens (tertiary/aromatic N) is 1. The van der Waals surface area contributed by atoms with Crippen LogP contribution < -0.4 is 5.46 Å². The fourth-order valence-electron chi connectivity index (χ4n) is 2.69. The second-order valence-electron chi connectivity index (χ2n) is 4.94. The predicted octanol–water partition coefficient (Wildman–Crippen LogP) is 2.50. The first-order valence-electron chi connectivity index (χ1n) is 6.42. The van der Waals surface area contributed by atoms with Gasteiger partial charge in [0.1, 0.15) is 0 Å². The zero-order chi connectivity index (χ0) is 13.7. The van der Waals surface area contributed by atoms with Gasteiger partial charge in [-0.25, -0.2) is 0 Å². The van der Waals surface area contributed by atoms with Crippen molar-refractivity contribution >= 4 is 35.1 Å².